The fourth-order valence-electron chi connectivity index (χ4n) is 1.12. The van der Waals surface area contributed by atoms with Crippen molar-refractivity contribution in [2.45, 2.75) is 6.54 Å². The first-order valence-corrected chi connectivity index (χ1v) is 3.53. The third kappa shape index (κ3) is 0.991. The van der Waals surface area contributed by atoms with Crippen LogP contribution in [0.4, 0.5) is 0 Å². The quantitative estimate of drug-likeness (QED) is 0.632. The molecule has 3 heteroatoms. The monoisotopic (exact) mass is 147 g/mol. The average molecular weight is 147 g/mol. The van der Waals surface area contributed by atoms with Crippen molar-refractivity contribution < 1.29 is 0 Å². The molecule has 2 aromatic heterocycles. The predicted octanol–water partition coefficient (Wildman–Crippen LogP) is 1.02. The van der Waals surface area contributed by atoms with Gasteiger partial charge in [-0.25, -0.2) is 0 Å². The summed E-state index contributed by atoms with van der Waals surface area (Å²) in [4.78, 5) is 7.32. The minimum atomic E-state index is 0.538. The normalized spacial score (nSPS) is 10.6. The Morgan fingerprint density at radius 3 is 3.18 bits per heavy atom. The third-order valence-corrected chi connectivity index (χ3v) is 1.66. The summed E-state index contributed by atoms with van der Waals surface area (Å²) < 4.78 is 0. The lowest BCUT2D eigenvalue weighted by Gasteiger charge is -1.84. The second-order valence-corrected chi connectivity index (χ2v) is 2.43. The van der Waals surface area contributed by atoms with Crippen molar-refractivity contribution in [1.82, 2.24) is 9.97 Å². The van der Waals surface area contributed by atoms with Crippen molar-refractivity contribution in [1.29, 1.82) is 0 Å². The average Bonchev–Trinajstić information content (AvgIpc) is 2.46. The molecule has 0 unspecified atom stereocenters. The van der Waals surface area contributed by atoms with E-state index in [-0.39, 0.29) is 0 Å². The summed E-state index contributed by atoms with van der Waals surface area (Å²) in [5, 5.41) is 0. The van der Waals surface area contributed by atoms with E-state index in [0.29, 0.717) is 6.54 Å². The Balaban J connectivity index is 2.69. The Bertz CT molecular complexity index is 331. The topological polar surface area (TPSA) is 54.7 Å². The van der Waals surface area contributed by atoms with E-state index in [2.05, 4.69) is 9.97 Å². The van der Waals surface area contributed by atoms with Crippen LogP contribution in [0.2, 0.25) is 0 Å². The zero-order valence-electron chi connectivity index (χ0n) is 6.04. The number of nitrogens with one attached hydrogen (secondary N) is 1. The van der Waals surface area contributed by atoms with Gasteiger partial charge in [-0.3, -0.25) is 4.98 Å². The molecule has 0 aliphatic carbocycles. The number of nitrogens with two attached hydrogens (primary N) is 1. The first-order valence-electron chi connectivity index (χ1n) is 3.53. The van der Waals surface area contributed by atoms with Gasteiger partial charge in [-0.05, 0) is 18.2 Å². The molecule has 0 atom stereocenters. The maximum absolute atomic E-state index is 5.45. The minimum absolute atomic E-state index is 0.538. The van der Waals surface area contributed by atoms with Gasteiger partial charge in [0.1, 0.15) is 0 Å². The molecule has 3 nitrogen and oxygen atoms in total. The Morgan fingerprint density at radius 2 is 2.45 bits per heavy atom. The second-order valence-electron chi connectivity index (χ2n) is 2.43. The number of aromatic amines is 1. The zero-order chi connectivity index (χ0) is 7.68. The Hall–Kier alpha value is -1.35. The van der Waals surface area contributed by atoms with Crippen LogP contribution in [-0.4, -0.2) is 9.97 Å². The summed E-state index contributed by atoms with van der Waals surface area (Å²) in [6, 6.07) is 5.86. The molecule has 0 fully saturated rings. The van der Waals surface area contributed by atoms with Crippen LogP contribution in [0.15, 0.2) is 24.4 Å². The standard InChI is InChI=1S/C8H9N3/c9-5-6-4-8-7(11-6)2-1-3-10-8/h1-4,11H,5,9H2. The van der Waals surface area contributed by atoms with Gasteiger partial charge in [0.25, 0.3) is 0 Å². The van der Waals surface area contributed by atoms with Gasteiger partial charge in [-0.1, -0.05) is 0 Å². The molecule has 0 saturated carbocycles. The summed E-state index contributed by atoms with van der Waals surface area (Å²) >= 11 is 0. The summed E-state index contributed by atoms with van der Waals surface area (Å²) in [5.41, 5.74) is 8.51. The van der Waals surface area contributed by atoms with Crippen molar-refractivity contribution in [3.8, 4) is 0 Å². The highest BCUT2D eigenvalue weighted by molar-refractivity contribution is 5.75. The molecule has 0 aliphatic rings. The van der Waals surface area contributed by atoms with Gasteiger partial charge in [0.2, 0.25) is 0 Å². The molecule has 0 aliphatic heterocycles. The summed E-state index contributed by atoms with van der Waals surface area (Å²) in [7, 11) is 0. The van der Waals surface area contributed by atoms with Crippen LogP contribution in [-0.2, 0) is 6.54 Å². The van der Waals surface area contributed by atoms with E-state index in [9.17, 15) is 0 Å². The first-order chi connectivity index (χ1) is 5.40. The largest absolute Gasteiger partial charge is 0.356 e. The highest BCUT2D eigenvalue weighted by Gasteiger charge is 1.96. The second kappa shape index (κ2) is 2.36. The molecule has 0 spiro atoms. The van der Waals surface area contributed by atoms with Gasteiger partial charge >= 0.3 is 0 Å². The van der Waals surface area contributed by atoms with E-state index in [0.717, 1.165) is 16.7 Å². The van der Waals surface area contributed by atoms with Gasteiger partial charge < -0.3 is 10.7 Å². The maximum Gasteiger partial charge on any atom is 0.0882 e. The van der Waals surface area contributed by atoms with Crippen LogP contribution < -0.4 is 5.73 Å². The third-order valence-electron chi connectivity index (χ3n) is 1.66. The summed E-state index contributed by atoms with van der Waals surface area (Å²) in [6.45, 7) is 0.538. The summed E-state index contributed by atoms with van der Waals surface area (Å²) in [5.74, 6) is 0. The summed E-state index contributed by atoms with van der Waals surface area (Å²) in [6.07, 6.45) is 1.77. The molecule has 3 N–H and O–H groups in total. The molecular formula is C8H9N3. The first kappa shape index (κ1) is 6.37. The molecule has 2 rings (SSSR count). The molecule has 0 radical (unpaired) electrons. The van der Waals surface area contributed by atoms with E-state index in [4.69, 9.17) is 5.73 Å². The number of nitrogens with zero attached hydrogens (tertiary/aromatic N) is 1. The fraction of sp³-hybridized carbons (Fsp3) is 0.125. The van der Waals surface area contributed by atoms with Gasteiger partial charge in [-0.15, -0.1) is 0 Å². The molecule has 11 heavy (non-hydrogen) atoms. The number of hydrogen-bond donors (Lipinski definition) is 2. The van der Waals surface area contributed by atoms with Crippen molar-refractivity contribution >= 4 is 11.0 Å². The Labute approximate surface area is 64.2 Å². The van der Waals surface area contributed by atoms with Crippen LogP contribution in [0.5, 0.6) is 0 Å². The van der Waals surface area contributed by atoms with Crippen LogP contribution >= 0.6 is 0 Å². The van der Waals surface area contributed by atoms with Gasteiger partial charge in [0, 0.05) is 18.4 Å². The number of fused-ring (bicyclic) bond motifs is 1. The van der Waals surface area contributed by atoms with E-state index < -0.39 is 0 Å². The van der Waals surface area contributed by atoms with Crippen molar-refractivity contribution in [3.05, 3.63) is 30.1 Å². The van der Waals surface area contributed by atoms with E-state index >= 15 is 0 Å². The van der Waals surface area contributed by atoms with Crippen molar-refractivity contribution in [3.63, 3.8) is 0 Å². The number of hydrogen-bond acceptors (Lipinski definition) is 2. The highest BCUT2D eigenvalue weighted by Crippen LogP contribution is 2.10. The lowest BCUT2D eigenvalue weighted by molar-refractivity contribution is 1.02. The number of rotatable bonds is 1. The molecular weight excluding hydrogens is 138 g/mol. The number of H-pyrrole nitrogens is 1. The van der Waals surface area contributed by atoms with Crippen LogP contribution in [0.25, 0.3) is 11.0 Å². The van der Waals surface area contributed by atoms with E-state index in [1.54, 1.807) is 6.20 Å². The number of aromatic nitrogens is 2. The lowest BCUT2D eigenvalue weighted by atomic mass is 10.4. The molecule has 0 saturated heterocycles. The smallest absolute Gasteiger partial charge is 0.0882 e. The number of pyridine rings is 1. The SMILES string of the molecule is NCc1cc2ncccc2[nH]1. The van der Waals surface area contributed by atoms with E-state index in [1.807, 2.05) is 18.2 Å². The zero-order valence-corrected chi connectivity index (χ0v) is 6.04. The Morgan fingerprint density at radius 1 is 1.55 bits per heavy atom. The fourth-order valence-corrected chi connectivity index (χ4v) is 1.12. The maximum atomic E-state index is 5.45. The molecule has 0 bridgehead atoms. The Kier molecular flexibility index (Phi) is 1.36. The minimum Gasteiger partial charge on any atom is -0.356 e. The van der Waals surface area contributed by atoms with Gasteiger partial charge in [0.05, 0.1) is 11.0 Å². The molecule has 2 heterocycles. The van der Waals surface area contributed by atoms with Crippen molar-refractivity contribution in [2.24, 2.45) is 5.73 Å². The van der Waals surface area contributed by atoms with Gasteiger partial charge in [0.15, 0.2) is 0 Å². The van der Waals surface area contributed by atoms with Crippen molar-refractivity contribution in [2.75, 3.05) is 0 Å². The van der Waals surface area contributed by atoms with Crippen LogP contribution in [0.3, 0.4) is 0 Å². The van der Waals surface area contributed by atoms with Crippen LogP contribution in [0.1, 0.15) is 5.69 Å². The highest BCUT2D eigenvalue weighted by atomic mass is 14.8. The van der Waals surface area contributed by atoms with Crippen LogP contribution in [0, 0.1) is 0 Å². The van der Waals surface area contributed by atoms with Gasteiger partial charge in [-0.2, -0.15) is 0 Å². The molecule has 2 aromatic rings. The molecule has 0 aromatic carbocycles. The van der Waals surface area contributed by atoms with E-state index in [1.165, 1.54) is 0 Å². The molecule has 0 amide bonds. The molecule has 56 valence electrons. The lowest BCUT2D eigenvalue weighted by Crippen LogP contribution is -1.94. The predicted molar refractivity (Wildman–Crippen MR) is 44.0 cm³/mol.